The number of piperidine rings is 1. The van der Waals surface area contributed by atoms with E-state index in [0.717, 1.165) is 46.7 Å². The maximum atomic E-state index is 12.6. The number of hydrogen-bond donors (Lipinski definition) is 1. The van der Waals surface area contributed by atoms with Gasteiger partial charge in [0.2, 0.25) is 5.91 Å². The number of aromatic nitrogens is 1. The van der Waals surface area contributed by atoms with E-state index in [1.165, 1.54) is 6.92 Å². The number of nitrogens with one attached hydrogen (secondary N) is 1. The smallest absolute Gasteiger partial charge is 0.234 e. The van der Waals surface area contributed by atoms with E-state index >= 15 is 0 Å². The fraction of sp³-hybridized carbons (Fsp3) is 0.375. The largest absolute Gasteiger partial charge is 0.345 e. The molecule has 1 fully saturated rings. The third-order valence-corrected chi connectivity index (χ3v) is 7.21. The number of benzene rings is 2. The molecule has 1 N–H and O–H groups in total. The zero-order valence-electron chi connectivity index (χ0n) is 17.5. The van der Waals surface area contributed by atoms with Gasteiger partial charge in [0.05, 0.1) is 27.8 Å². The van der Waals surface area contributed by atoms with Gasteiger partial charge in [-0.15, -0.1) is 11.3 Å². The second kappa shape index (κ2) is 9.90. The van der Waals surface area contributed by atoms with Gasteiger partial charge in [-0.1, -0.05) is 41.9 Å². The maximum absolute atomic E-state index is 12.6. The van der Waals surface area contributed by atoms with Crippen LogP contribution in [0.5, 0.6) is 0 Å². The number of fused-ring (bicyclic) bond motifs is 1. The second-order valence-corrected chi connectivity index (χ2v) is 9.63. The molecule has 7 heteroatoms. The van der Waals surface area contributed by atoms with E-state index < -0.39 is 6.04 Å². The topological polar surface area (TPSA) is 62.3 Å². The summed E-state index contributed by atoms with van der Waals surface area (Å²) in [6.45, 7) is 3.54. The highest BCUT2D eigenvalue weighted by molar-refractivity contribution is 7.18. The number of Topliss-reactive ketones (excluding diaryl/α,β-unsaturated/α-hetero) is 1. The zero-order valence-corrected chi connectivity index (χ0v) is 19.1. The summed E-state index contributed by atoms with van der Waals surface area (Å²) in [6, 6.07) is 15.1. The third-order valence-electron chi connectivity index (χ3n) is 5.78. The number of carbonyl (C=O) groups is 2. The van der Waals surface area contributed by atoms with Gasteiger partial charge in [0.15, 0.2) is 5.78 Å². The second-order valence-electron chi connectivity index (χ2n) is 8.14. The molecule has 1 amide bonds. The Morgan fingerprint density at radius 1 is 1.19 bits per heavy atom. The average molecular weight is 456 g/mol. The molecule has 2 aromatic carbocycles. The van der Waals surface area contributed by atoms with Crippen molar-refractivity contribution >= 4 is 44.8 Å². The molecule has 0 spiro atoms. The Balaban J connectivity index is 1.29. The molecule has 0 bridgehead atoms. The summed E-state index contributed by atoms with van der Waals surface area (Å²) in [6.07, 6.45) is 2.47. The SMILES string of the molecule is CC(=O)[C@@H](Cc1ccccc1)NC(=O)CN1CCC(c2nc3cc(Cl)ccc3s2)CC1. The lowest BCUT2D eigenvalue weighted by molar-refractivity contribution is -0.127. The molecule has 1 saturated heterocycles. The summed E-state index contributed by atoms with van der Waals surface area (Å²) >= 11 is 7.82. The quantitative estimate of drug-likeness (QED) is 0.571. The molecule has 4 rings (SSSR count). The Hall–Kier alpha value is -2.28. The molecule has 0 saturated carbocycles. The molecule has 1 aromatic heterocycles. The molecule has 1 atom stereocenters. The average Bonchev–Trinajstić information content (AvgIpc) is 3.17. The lowest BCUT2D eigenvalue weighted by Gasteiger charge is -2.30. The van der Waals surface area contributed by atoms with Gasteiger partial charge in [0.1, 0.15) is 0 Å². The van der Waals surface area contributed by atoms with Gasteiger partial charge < -0.3 is 5.32 Å². The van der Waals surface area contributed by atoms with Crippen LogP contribution in [0, 0.1) is 0 Å². The number of rotatable bonds is 7. The van der Waals surface area contributed by atoms with Gasteiger partial charge in [-0.3, -0.25) is 14.5 Å². The molecule has 162 valence electrons. The number of carbonyl (C=O) groups excluding carboxylic acids is 2. The first-order chi connectivity index (χ1) is 15.0. The number of thiazole rings is 1. The molecule has 31 heavy (non-hydrogen) atoms. The normalized spacial score (nSPS) is 16.3. The van der Waals surface area contributed by atoms with E-state index in [-0.39, 0.29) is 11.7 Å². The van der Waals surface area contributed by atoms with E-state index in [1.54, 1.807) is 11.3 Å². The number of ketones is 1. The van der Waals surface area contributed by atoms with Crippen molar-refractivity contribution in [3.05, 3.63) is 64.1 Å². The molecule has 1 aliphatic rings. The first-order valence-electron chi connectivity index (χ1n) is 10.6. The predicted octanol–water partition coefficient (Wildman–Crippen LogP) is 4.45. The molecule has 2 heterocycles. The van der Waals surface area contributed by atoms with Gasteiger partial charge in [-0.25, -0.2) is 4.98 Å². The number of hydrogen-bond acceptors (Lipinski definition) is 5. The van der Waals surface area contributed by atoms with Gasteiger partial charge >= 0.3 is 0 Å². The highest BCUT2D eigenvalue weighted by Gasteiger charge is 2.25. The van der Waals surface area contributed by atoms with Crippen LogP contribution in [0.25, 0.3) is 10.2 Å². The van der Waals surface area contributed by atoms with Crippen LogP contribution in [-0.2, 0) is 16.0 Å². The molecular weight excluding hydrogens is 430 g/mol. The maximum Gasteiger partial charge on any atom is 0.234 e. The standard InChI is InChI=1S/C24H26ClN3O2S/c1-16(29)20(13-17-5-3-2-4-6-17)26-23(30)15-28-11-9-18(10-12-28)24-27-21-14-19(25)7-8-22(21)31-24/h2-8,14,18,20H,9-13,15H2,1H3,(H,26,30)/t20-/m1/s1. The first kappa shape index (κ1) is 21.9. The first-order valence-corrected chi connectivity index (χ1v) is 11.8. The van der Waals surface area contributed by atoms with Crippen molar-refractivity contribution in [1.82, 2.24) is 15.2 Å². The molecule has 0 aliphatic carbocycles. The Bertz CT molecular complexity index is 1060. The summed E-state index contributed by atoms with van der Waals surface area (Å²) in [5, 5.41) is 4.79. The van der Waals surface area contributed by atoms with Crippen molar-refractivity contribution in [3.63, 3.8) is 0 Å². The highest BCUT2D eigenvalue weighted by Crippen LogP contribution is 2.34. The number of amides is 1. The van der Waals surface area contributed by atoms with Crippen LogP contribution in [0.3, 0.4) is 0 Å². The number of nitrogens with zero attached hydrogens (tertiary/aromatic N) is 2. The zero-order chi connectivity index (χ0) is 21.8. The predicted molar refractivity (Wildman–Crippen MR) is 126 cm³/mol. The summed E-state index contributed by atoms with van der Waals surface area (Å²) in [5.41, 5.74) is 2.00. The Morgan fingerprint density at radius 3 is 2.65 bits per heavy atom. The van der Waals surface area contributed by atoms with E-state index in [4.69, 9.17) is 16.6 Å². The molecule has 0 radical (unpaired) electrons. The summed E-state index contributed by atoms with van der Waals surface area (Å²) in [5.74, 6) is 0.301. The Kier molecular flexibility index (Phi) is 7.00. The lowest BCUT2D eigenvalue weighted by Crippen LogP contribution is -2.47. The summed E-state index contributed by atoms with van der Waals surface area (Å²) < 4.78 is 1.16. The van der Waals surface area contributed by atoms with Crippen LogP contribution in [0.4, 0.5) is 0 Å². The fourth-order valence-electron chi connectivity index (χ4n) is 4.02. The van der Waals surface area contributed by atoms with Crippen LogP contribution in [0.15, 0.2) is 48.5 Å². The van der Waals surface area contributed by atoms with Crippen molar-refractivity contribution in [2.45, 2.75) is 38.1 Å². The molecule has 0 unspecified atom stereocenters. The molecule has 5 nitrogen and oxygen atoms in total. The number of likely N-dealkylation sites (tertiary alicyclic amines) is 1. The number of halogens is 1. The van der Waals surface area contributed by atoms with Crippen molar-refractivity contribution < 1.29 is 9.59 Å². The highest BCUT2D eigenvalue weighted by atomic mass is 35.5. The lowest BCUT2D eigenvalue weighted by atomic mass is 9.97. The van der Waals surface area contributed by atoms with Crippen molar-refractivity contribution in [2.24, 2.45) is 0 Å². The van der Waals surface area contributed by atoms with Crippen molar-refractivity contribution in [1.29, 1.82) is 0 Å². The van der Waals surface area contributed by atoms with Gasteiger partial charge in [-0.2, -0.15) is 0 Å². The minimum atomic E-state index is -0.484. The van der Waals surface area contributed by atoms with Gasteiger partial charge in [0, 0.05) is 10.9 Å². The van der Waals surface area contributed by atoms with Crippen LogP contribution < -0.4 is 5.32 Å². The minimum Gasteiger partial charge on any atom is -0.345 e. The van der Waals surface area contributed by atoms with Crippen LogP contribution in [-0.4, -0.2) is 47.3 Å². The van der Waals surface area contributed by atoms with Crippen molar-refractivity contribution in [3.8, 4) is 0 Å². The monoisotopic (exact) mass is 455 g/mol. The van der Waals surface area contributed by atoms with Gasteiger partial charge in [-0.05, 0) is 63.0 Å². The van der Waals surface area contributed by atoms with Gasteiger partial charge in [0.25, 0.3) is 0 Å². The molecule has 1 aliphatic heterocycles. The summed E-state index contributed by atoms with van der Waals surface area (Å²) in [4.78, 5) is 31.6. The van der Waals surface area contributed by atoms with Crippen LogP contribution in [0.1, 0.15) is 36.3 Å². The summed E-state index contributed by atoms with van der Waals surface area (Å²) in [7, 11) is 0. The van der Waals surface area contributed by atoms with Crippen LogP contribution in [0.2, 0.25) is 5.02 Å². The van der Waals surface area contributed by atoms with E-state index in [1.807, 2.05) is 48.5 Å². The van der Waals surface area contributed by atoms with E-state index in [9.17, 15) is 9.59 Å². The Morgan fingerprint density at radius 2 is 1.94 bits per heavy atom. The minimum absolute atomic E-state index is 0.0214. The molecular formula is C24H26ClN3O2S. The Labute approximate surface area is 191 Å². The van der Waals surface area contributed by atoms with E-state index in [0.29, 0.717) is 23.9 Å². The fourth-order valence-corrected chi connectivity index (χ4v) is 5.30. The molecule has 3 aromatic rings. The van der Waals surface area contributed by atoms with E-state index in [2.05, 4.69) is 10.2 Å². The van der Waals surface area contributed by atoms with Crippen LogP contribution >= 0.6 is 22.9 Å². The third kappa shape index (κ3) is 5.70. The van der Waals surface area contributed by atoms with Crippen molar-refractivity contribution in [2.75, 3.05) is 19.6 Å².